The number of aryl methyl sites for hydroxylation is 1. The topological polar surface area (TPSA) is 35.0 Å². The Kier molecular flexibility index (Phi) is 6.03. The summed E-state index contributed by atoms with van der Waals surface area (Å²) in [5, 5.41) is 0. The number of benzene rings is 1. The highest BCUT2D eigenvalue weighted by molar-refractivity contribution is 5.62. The highest BCUT2D eigenvalue weighted by Crippen LogP contribution is 2.38. The molecular weight excluding hydrogens is 329 g/mol. The van der Waals surface area contributed by atoms with E-state index in [1.54, 1.807) is 19.1 Å². The number of ether oxygens (including phenoxy) is 1. The first-order chi connectivity index (χ1) is 11.7. The molecule has 1 aromatic carbocycles. The summed E-state index contributed by atoms with van der Waals surface area (Å²) < 4.78 is 45.8. The first-order valence-corrected chi connectivity index (χ1v) is 8.31. The highest BCUT2D eigenvalue weighted by atomic mass is 19.4. The Hall–Kier alpha value is -2.11. The summed E-state index contributed by atoms with van der Waals surface area (Å²) in [5.74, 6) is 1.03. The second-order valence-corrected chi connectivity index (χ2v) is 6.74. The Balaban J connectivity index is 2.29. The van der Waals surface area contributed by atoms with E-state index in [0.29, 0.717) is 23.0 Å². The summed E-state index contributed by atoms with van der Waals surface area (Å²) >= 11 is 0. The number of halogens is 3. The maximum atomic E-state index is 13.4. The Morgan fingerprint density at radius 1 is 1.12 bits per heavy atom. The molecule has 2 rings (SSSR count). The molecule has 0 amide bonds. The third-order valence-electron chi connectivity index (χ3n) is 3.75. The first kappa shape index (κ1) is 19.2. The molecule has 0 bridgehead atoms. The van der Waals surface area contributed by atoms with Crippen LogP contribution >= 0.6 is 0 Å². The Morgan fingerprint density at radius 3 is 2.44 bits per heavy atom. The maximum absolute atomic E-state index is 13.4. The summed E-state index contributed by atoms with van der Waals surface area (Å²) in [6.45, 7) is 8.09. The molecule has 0 spiro atoms. The van der Waals surface area contributed by atoms with E-state index < -0.39 is 11.7 Å². The molecule has 0 unspecified atom stereocenters. The second-order valence-electron chi connectivity index (χ2n) is 6.74. The van der Waals surface area contributed by atoms with Gasteiger partial charge >= 0.3 is 6.18 Å². The molecule has 2 aromatic rings. The predicted octanol–water partition coefficient (Wildman–Crippen LogP) is 5.53. The summed E-state index contributed by atoms with van der Waals surface area (Å²) in [6.07, 6.45) is -2.06. The van der Waals surface area contributed by atoms with E-state index in [1.165, 1.54) is 12.3 Å². The smallest absolute Gasteiger partial charge is 0.419 e. The molecule has 0 aliphatic rings. The van der Waals surface area contributed by atoms with Crippen molar-refractivity contribution in [1.29, 1.82) is 0 Å². The zero-order valence-electron chi connectivity index (χ0n) is 14.9. The molecule has 136 valence electrons. The first-order valence-electron chi connectivity index (χ1n) is 8.31. The van der Waals surface area contributed by atoms with Crippen LogP contribution in [0.5, 0.6) is 5.75 Å². The number of alkyl halides is 3. The van der Waals surface area contributed by atoms with E-state index in [2.05, 4.69) is 23.8 Å². The van der Waals surface area contributed by atoms with Crippen molar-refractivity contribution in [3.8, 4) is 17.0 Å². The van der Waals surface area contributed by atoms with E-state index in [9.17, 15) is 13.2 Å². The van der Waals surface area contributed by atoms with Crippen molar-refractivity contribution in [2.24, 2.45) is 11.8 Å². The molecule has 1 heterocycles. The van der Waals surface area contributed by atoms with Gasteiger partial charge in [-0.05, 0) is 49.4 Å². The zero-order chi connectivity index (χ0) is 18.6. The minimum atomic E-state index is -4.49. The van der Waals surface area contributed by atoms with Crippen molar-refractivity contribution in [2.45, 2.75) is 40.3 Å². The molecule has 0 aliphatic carbocycles. The number of hydrogen-bond acceptors (Lipinski definition) is 3. The van der Waals surface area contributed by atoms with E-state index in [0.717, 1.165) is 12.5 Å². The van der Waals surface area contributed by atoms with Crippen LogP contribution < -0.4 is 4.74 Å². The average molecular weight is 352 g/mol. The van der Waals surface area contributed by atoms with Gasteiger partial charge in [-0.3, -0.25) is 0 Å². The van der Waals surface area contributed by atoms with Crippen molar-refractivity contribution in [1.82, 2.24) is 9.97 Å². The van der Waals surface area contributed by atoms with Crippen LogP contribution in [0.2, 0.25) is 0 Å². The molecule has 1 aromatic heterocycles. The van der Waals surface area contributed by atoms with Crippen LogP contribution in [0.1, 0.15) is 38.6 Å². The van der Waals surface area contributed by atoms with Gasteiger partial charge in [-0.2, -0.15) is 13.2 Å². The Morgan fingerprint density at radius 2 is 1.84 bits per heavy atom. The van der Waals surface area contributed by atoms with Gasteiger partial charge in [0.1, 0.15) is 11.6 Å². The molecule has 0 N–H and O–H groups in total. The van der Waals surface area contributed by atoms with Crippen molar-refractivity contribution >= 4 is 0 Å². The zero-order valence-corrected chi connectivity index (χ0v) is 14.9. The quantitative estimate of drug-likeness (QED) is 0.685. The van der Waals surface area contributed by atoms with Crippen molar-refractivity contribution in [3.05, 3.63) is 41.9 Å². The van der Waals surface area contributed by atoms with E-state index in [1.807, 2.05) is 6.92 Å². The minimum absolute atomic E-state index is 0.141. The Bertz CT molecular complexity index is 714. The standard InChI is InChI=1S/C19H23F3N2O/c1-12(2)9-13(3)11-25-18-6-5-15(10-16(18)19(20,21)22)17-7-8-23-14(4)24-17/h5-8,10,12-13H,9,11H2,1-4H3/t13-/m0/s1. The average Bonchev–Trinajstić information content (AvgIpc) is 2.51. The van der Waals surface area contributed by atoms with Crippen LogP contribution in [-0.4, -0.2) is 16.6 Å². The maximum Gasteiger partial charge on any atom is 0.419 e. The molecule has 3 nitrogen and oxygen atoms in total. The van der Waals surface area contributed by atoms with Crippen molar-refractivity contribution in [2.75, 3.05) is 6.61 Å². The monoisotopic (exact) mass is 352 g/mol. The largest absolute Gasteiger partial charge is 0.493 e. The summed E-state index contributed by atoms with van der Waals surface area (Å²) in [5.41, 5.74) is 0.0659. The van der Waals surface area contributed by atoms with Gasteiger partial charge in [0.25, 0.3) is 0 Å². The second kappa shape index (κ2) is 7.85. The van der Waals surface area contributed by atoms with Gasteiger partial charge in [-0.25, -0.2) is 9.97 Å². The van der Waals surface area contributed by atoms with Crippen LogP contribution in [0.4, 0.5) is 13.2 Å². The number of nitrogens with zero attached hydrogens (tertiary/aromatic N) is 2. The molecule has 0 fully saturated rings. The van der Waals surface area contributed by atoms with Crippen molar-refractivity contribution < 1.29 is 17.9 Å². The Labute approximate surface area is 146 Å². The molecule has 0 saturated carbocycles. The molecular formula is C19H23F3N2O. The van der Waals surface area contributed by atoms with Gasteiger partial charge in [-0.15, -0.1) is 0 Å². The van der Waals surface area contributed by atoms with Crippen LogP contribution in [-0.2, 0) is 6.18 Å². The molecule has 1 atom stereocenters. The lowest BCUT2D eigenvalue weighted by molar-refractivity contribution is -0.139. The fraction of sp³-hybridized carbons (Fsp3) is 0.474. The lowest BCUT2D eigenvalue weighted by Crippen LogP contribution is -2.14. The fourth-order valence-corrected chi connectivity index (χ4v) is 2.76. The molecule has 0 saturated heterocycles. The summed E-state index contributed by atoms with van der Waals surface area (Å²) in [7, 11) is 0. The van der Waals surface area contributed by atoms with E-state index in [4.69, 9.17) is 4.74 Å². The molecule has 6 heteroatoms. The van der Waals surface area contributed by atoms with Gasteiger partial charge in [0, 0.05) is 11.8 Å². The highest BCUT2D eigenvalue weighted by Gasteiger charge is 2.35. The summed E-state index contributed by atoms with van der Waals surface area (Å²) in [6, 6.07) is 5.65. The van der Waals surface area contributed by atoms with Crippen LogP contribution in [0.3, 0.4) is 0 Å². The van der Waals surface area contributed by atoms with Crippen LogP contribution in [0.25, 0.3) is 11.3 Å². The molecule has 0 radical (unpaired) electrons. The van der Waals surface area contributed by atoms with Crippen LogP contribution in [0, 0.1) is 18.8 Å². The lowest BCUT2D eigenvalue weighted by atomic mass is 10.00. The number of aromatic nitrogens is 2. The van der Waals surface area contributed by atoms with Gasteiger partial charge in [0.05, 0.1) is 17.9 Å². The third-order valence-corrected chi connectivity index (χ3v) is 3.75. The molecule has 25 heavy (non-hydrogen) atoms. The summed E-state index contributed by atoms with van der Waals surface area (Å²) in [4.78, 5) is 8.15. The SMILES string of the molecule is Cc1nccc(-c2ccc(OC[C@@H](C)CC(C)C)c(C(F)(F)F)c2)n1. The van der Waals surface area contributed by atoms with Gasteiger partial charge in [0.2, 0.25) is 0 Å². The van der Waals surface area contributed by atoms with E-state index in [-0.39, 0.29) is 18.3 Å². The fourth-order valence-electron chi connectivity index (χ4n) is 2.76. The number of hydrogen-bond donors (Lipinski definition) is 0. The van der Waals surface area contributed by atoms with E-state index >= 15 is 0 Å². The minimum Gasteiger partial charge on any atom is -0.493 e. The van der Waals surface area contributed by atoms with Gasteiger partial charge in [0.15, 0.2) is 0 Å². The predicted molar refractivity (Wildman–Crippen MR) is 91.3 cm³/mol. The van der Waals surface area contributed by atoms with Crippen molar-refractivity contribution in [3.63, 3.8) is 0 Å². The third kappa shape index (κ3) is 5.44. The number of rotatable bonds is 6. The van der Waals surface area contributed by atoms with Crippen LogP contribution in [0.15, 0.2) is 30.5 Å². The van der Waals surface area contributed by atoms with Gasteiger partial charge in [-0.1, -0.05) is 20.8 Å². The molecule has 0 aliphatic heterocycles. The van der Waals surface area contributed by atoms with Gasteiger partial charge < -0.3 is 4.74 Å². The normalized spacial score (nSPS) is 13.1. The lowest BCUT2D eigenvalue weighted by Gasteiger charge is -2.19.